The van der Waals surface area contributed by atoms with Gasteiger partial charge in [-0.05, 0) is 54.4 Å². The Morgan fingerprint density at radius 3 is 1.90 bits per heavy atom. The molecule has 0 unspecified atom stereocenters. The summed E-state index contributed by atoms with van der Waals surface area (Å²) in [6.07, 6.45) is -4.35. The monoisotopic (exact) mass is 418 g/mol. The molecule has 3 rings (SSSR count). The zero-order valence-corrected chi connectivity index (χ0v) is 14.5. The van der Waals surface area contributed by atoms with Crippen LogP contribution in [0.3, 0.4) is 0 Å². The van der Waals surface area contributed by atoms with E-state index in [1.165, 1.54) is 13.0 Å². The van der Waals surface area contributed by atoms with E-state index in [2.05, 4.69) is 4.74 Å². The van der Waals surface area contributed by atoms with Crippen molar-refractivity contribution in [3.8, 4) is 16.9 Å². The summed E-state index contributed by atoms with van der Waals surface area (Å²) >= 11 is 0. The second kappa shape index (κ2) is 7.38. The maximum atomic E-state index is 14.3. The number of hydrogen-bond donors (Lipinski definition) is 0. The van der Waals surface area contributed by atoms with Crippen LogP contribution in [-0.2, 0) is 6.11 Å². The molecule has 0 atom stereocenters. The molecule has 152 valence electrons. The Morgan fingerprint density at radius 1 is 0.690 bits per heavy atom. The zero-order valence-electron chi connectivity index (χ0n) is 14.5. The minimum Gasteiger partial charge on any atom is -0.426 e. The van der Waals surface area contributed by atoms with Gasteiger partial charge in [0.1, 0.15) is 5.82 Å². The second-order valence-corrected chi connectivity index (χ2v) is 6.10. The predicted octanol–water partition coefficient (Wildman–Crippen LogP) is 6.62. The van der Waals surface area contributed by atoms with Gasteiger partial charge < -0.3 is 4.74 Å². The molecule has 29 heavy (non-hydrogen) atoms. The average Bonchev–Trinajstić information content (AvgIpc) is 2.63. The highest BCUT2D eigenvalue weighted by molar-refractivity contribution is 5.65. The molecule has 0 fully saturated rings. The normalized spacial score (nSPS) is 11.6. The van der Waals surface area contributed by atoms with E-state index in [4.69, 9.17) is 0 Å². The lowest BCUT2D eigenvalue weighted by atomic mass is 10.0. The molecule has 0 radical (unpaired) electrons. The lowest BCUT2D eigenvalue weighted by molar-refractivity contribution is -0.189. The van der Waals surface area contributed by atoms with Crippen molar-refractivity contribution in [3.05, 3.63) is 88.5 Å². The van der Waals surface area contributed by atoms with Gasteiger partial charge >= 0.3 is 6.11 Å². The fourth-order valence-corrected chi connectivity index (χ4v) is 2.59. The van der Waals surface area contributed by atoms with Crippen molar-refractivity contribution in [3.63, 3.8) is 0 Å². The van der Waals surface area contributed by atoms with Crippen LogP contribution in [0.15, 0.2) is 42.5 Å². The molecule has 0 spiro atoms. The minimum absolute atomic E-state index is 0.349. The molecule has 0 aliphatic heterocycles. The summed E-state index contributed by atoms with van der Waals surface area (Å²) in [6.45, 7) is 1.46. The van der Waals surface area contributed by atoms with Crippen LogP contribution >= 0.6 is 0 Å². The molecule has 1 nitrogen and oxygen atoms in total. The largest absolute Gasteiger partial charge is 0.429 e. The standard InChI is InChI=1S/C20H10F8O/c1-9-2-4-12(13(21)6-9)20(27,28)29-16-5-3-11(17(24)19(16)26)10-7-14(22)18(25)15(23)8-10/h2-8H,1H3. The fraction of sp³-hybridized carbons (Fsp3) is 0.100. The van der Waals surface area contributed by atoms with Crippen LogP contribution in [-0.4, -0.2) is 0 Å². The predicted molar refractivity (Wildman–Crippen MR) is 87.3 cm³/mol. The van der Waals surface area contributed by atoms with E-state index in [0.29, 0.717) is 29.8 Å². The number of hydrogen-bond acceptors (Lipinski definition) is 1. The first kappa shape index (κ1) is 20.6. The third-order valence-electron chi connectivity index (χ3n) is 4.02. The average molecular weight is 418 g/mol. The van der Waals surface area contributed by atoms with Gasteiger partial charge in [0.15, 0.2) is 29.0 Å². The summed E-state index contributed by atoms with van der Waals surface area (Å²) in [7, 11) is 0. The lowest BCUT2D eigenvalue weighted by Gasteiger charge is -2.20. The summed E-state index contributed by atoms with van der Waals surface area (Å²) < 4.78 is 115. The van der Waals surface area contributed by atoms with Crippen LogP contribution in [0.25, 0.3) is 11.1 Å². The van der Waals surface area contributed by atoms with Crippen molar-refractivity contribution in [1.82, 2.24) is 0 Å². The van der Waals surface area contributed by atoms with Gasteiger partial charge in [0, 0.05) is 5.56 Å². The van der Waals surface area contributed by atoms with Crippen molar-refractivity contribution in [2.24, 2.45) is 0 Å². The maximum Gasteiger partial charge on any atom is 0.429 e. The smallest absolute Gasteiger partial charge is 0.426 e. The quantitative estimate of drug-likeness (QED) is 0.342. The third kappa shape index (κ3) is 3.90. The lowest BCUT2D eigenvalue weighted by Crippen LogP contribution is -2.24. The van der Waals surface area contributed by atoms with Crippen molar-refractivity contribution < 1.29 is 39.9 Å². The number of benzene rings is 3. The molecule has 0 bridgehead atoms. The van der Waals surface area contributed by atoms with Crippen LogP contribution < -0.4 is 4.74 Å². The topological polar surface area (TPSA) is 9.23 Å². The van der Waals surface area contributed by atoms with Gasteiger partial charge in [0.25, 0.3) is 0 Å². The molecule has 0 aliphatic rings. The van der Waals surface area contributed by atoms with E-state index in [-0.39, 0.29) is 0 Å². The summed E-state index contributed by atoms with van der Waals surface area (Å²) in [5.74, 6) is -11.4. The molecule has 0 N–H and O–H groups in total. The molecule has 0 saturated heterocycles. The van der Waals surface area contributed by atoms with Gasteiger partial charge in [0.05, 0.1) is 5.56 Å². The molecule has 3 aromatic carbocycles. The summed E-state index contributed by atoms with van der Waals surface area (Å²) in [5, 5.41) is 0. The van der Waals surface area contributed by atoms with Gasteiger partial charge in [-0.15, -0.1) is 0 Å². The highest BCUT2D eigenvalue weighted by atomic mass is 19.3. The number of ether oxygens (including phenoxy) is 1. The first-order chi connectivity index (χ1) is 13.5. The van der Waals surface area contributed by atoms with Crippen molar-refractivity contribution in [1.29, 1.82) is 0 Å². The summed E-state index contributed by atoms with van der Waals surface area (Å²) in [4.78, 5) is 0. The van der Waals surface area contributed by atoms with Crippen LogP contribution in [0.1, 0.15) is 11.1 Å². The number of rotatable bonds is 4. The van der Waals surface area contributed by atoms with E-state index in [1.807, 2.05) is 0 Å². The molecule has 0 aliphatic carbocycles. The van der Waals surface area contributed by atoms with Crippen molar-refractivity contribution in [2.45, 2.75) is 13.0 Å². The first-order valence-electron chi connectivity index (χ1n) is 7.97. The molecule has 0 aromatic heterocycles. The van der Waals surface area contributed by atoms with E-state index in [1.54, 1.807) is 0 Å². The minimum atomic E-state index is -4.35. The van der Waals surface area contributed by atoms with E-state index in [0.717, 1.165) is 12.1 Å². The van der Waals surface area contributed by atoms with Crippen molar-refractivity contribution in [2.75, 3.05) is 0 Å². The Labute approximate surface area is 159 Å². The highest BCUT2D eigenvalue weighted by Gasteiger charge is 2.39. The maximum absolute atomic E-state index is 14.3. The Kier molecular flexibility index (Phi) is 5.25. The van der Waals surface area contributed by atoms with Crippen LogP contribution in [0, 0.1) is 41.8 Å². The van der Waals surface area contributed by atoms with Gasteiger partial charge in [-0.3, -0.25) is 0 Å². The third-order valence-corrected chi connectivity index (χ3v) is 4.02. The molecular formula is C20H10F8O. The van der Waals surface area contributed by atoms with Crippen LogP contribution in [0.2, 0.25) is 0 Å². The Hall–Kier alpha value is -3.10. The summed E-state index contributed by atoms with van der Waals surface area (Å²) in [5.41, 5.74) is -2.14. The molecule has 0 saturated carbocycles. The van der Waals surface area contributed by atoms with Gasteiger partial charge in [-0.25, -0.2) is 22.0 Å². The Balaban J connectivity index is 2.00. The van der Waals surface area contributed by atoms with E-state index < -0.39 is 63.5 Å². The summed E-state index contributed by atoms with van der Waals surface area (Å²) in [6, 6.07) is 4.82. The first-order valence-corrected chi connectivity index (χ1v) is 7.97. The van der Waals surface area contributed by atoms with Crippen LogP contribution in [0.4, 0.5) is 35.1 Å². The van der Waals surface area contributed by atoms with E-state index >= 15 is 0 Å². The van der Waals surface area contributed by atoms with Gasteiger partial charge in [-0.2, -0.15) is 13.2 Å². The van der Waals surface area contributed by atoms with E-state index in [9.17, 15) is 35.1 Å². The molecule has 0 heterocycles. The molecule has 0 amide bonds. The van der Waals surface area contributed by atoms with Crippen molar-refractivity contribution >= 4 is 0 Å². The second-order valence-electron chi connectivity index (χ2n) is 6.10. The zero-order chi connectivity index (χ0) is 21.5. The fourth-order valence-electron chi connectivity index (χ4n) is 2.59. The Bertz CT molecular complexity index is 1070. The number of halogens is 8. The molecule has 9 heteroatoms. The Morgan fingerprint density at radius 2 is 1.31 bits per heavy atom. The molecular weight excluding hydrogens is 408 g/mol. The molecule has 3 aromatic rings. The van der Waals surface area contributed by atoms with Gasteiger partial charge in [0.2, 0.25) is 5.82 Å². The number of aryl methyl sites for hydroxylation is 1. The highest BCUT2D eigenvalue weighted by Crippen LogP contribution is 2.37. The van der Waals surface area contributed by atoms with Gasteiger partial charge in [-0.1, -0.05) is 6.07 Å². The number of alkyl halides is 2. The SMILES string of the molecule is Cc1ccc(C(F)(F)Oc2ccc(-c3cc(F)c(F)c(F)c3)c(F)c2F)c(F)c1. The van der Waals surface area contributed by atoms with Crippen LogP contribution in [0.5, 0.6) is 5.75 Å².